The number of carbonyl (C=O) groups is 2. The van der Waals surface area contributed by atoms with Crippen LogP contribution in [0.1, 0.15) is 36.2 Å². The molecule has 0 aromatic carbocycles. The van der Waals surface area contributed by atoms with Gasteiger partial charge in [0.15, 0.2) is 0 Å². The van der Waals surface area contributed by atoms with Gasteiger partial charge in [-0.05, 0) is 26.2 Å². The predicted molar refractivity (Wildman–Crippen MR) is 73.3 cm³/mol. The molecule has 1 aromatic heterocycles. The minimum atomic E-state index is -0.954. The number of carboxylic acids is 1. The first-order valence-corrected chi connectivity index (χ1v) is 6.89. The topological polar surface area (TPSA) is 84.2 Å². The summed E-state index contributed by atoms with van der Waals surface area (Å²) >= 11 is 0. The van der Waals surface area contributed by atoms with E-state index in [0.29, 0.717) is 12.3 Å². The van der Waals surface area contributed by atoms with E-state index in [2.05, 4.69) is 10.4 Å². The molecule has 1 heterocycles. The lowest BCUT2D eigenvalue weighted by Crippen LogP contribution is -2.41. The molecule has 20 heavy (non-hydrogen) atoms. The molecule has 1 unspecified atom stereocenters. The highest BCUT2D eigenvalue weighted by molar-refractivity contribution is 5.85. The van der Waals surface area contributed by atoms with E-state index in [4.69, 9.17) is 5.11 Å². The lowest BCUT2D eigenvalue weighted by atomic mass is 10.1. The summed E-state index contributed by atoms with van der Waals surface area (Å²) in [5, 5.41) is 16.0. The summed E-state index contributed by atoms with van der Waals surface area (Å²) in [6.07, 6.45) is 2.85. The quantitative estimate of drug-likeness (QED) is 0.812. The number of aliphatic carboxylic acids is 1. The average Bonchev–Trinajstić information content (AvgIpc) is 3.13. The van der Waals surface area contributed by atoms with Crippen molar-refractivity contribution in [3.05, 3.63) is 17.0 Å². The maximum atomic E-state index is 12.0. The Hall–Kier alpha value is -1.85. The van der Waals surface area contributed by atoms with Crippen molar-refractivity contribution < 1.29 is 14.7 Å². The Morgan fingerprint density at radius 2 is 2.10 bits per heavy atom. The number of nitrogens with zero attached hydrogens (tertiary/aromatic N) is 2. The fraction of sp³-hybridized carbons (Fsp3) is 0.643. The van der Waals surface area contributed by atoms with E-state index >= 15 is 0 Å². The van der Waals surface area contributed by atoms with E-state index in [1.807, 2.05) is 20.9 Å². The summed E-state index contributed by atoms with van der Waals surface area (Å²) in [5.74, 6) is -0.750. The lowest BCUT2D eigenvalue weighted by molar-refractivity contribution is -0.142. The van der Waals surface area contributed by atoms with Gasteiger partial charge in [-0.15, -0.1) is 0 Å². The minimum Gasteiger partial charge on any atom is -0.480 e. The third kappa shape index (κ3) is 3.37. The molecule has 0 bridgehead atoms. The van der Waals surface area contributed by atoms with Crippen LogP contribution in [0, 0.1) is 19.8 Å². The van der Waals surface area contributed by atoms with Gasteiger partial charge >= 0.3 is 5.97 Å². The van der Waals surface area contributed by atoms with Gasteiger partial charge in [0.25, 0.3) is 0 Å². The van der Waals surface area contributed by atoms with Crippen LogP contribution in [0.2, 0.25) is 0 Å². The second kappa shape index (κ2) is 5.64. The average molecular weight is 279 g/mol. The molecule has 2 rings (SSSR count). The highest BCUT2D eigenvalue weighted by Crippen LogP contribution is 2.33. The van der Waals surface area contributed by atoms with Crippen LogP contribution in [0.4, 0.5) is 0 Å². The van der Waals surface area contributed by atoms with Crippen LogP contribution in [0.25, 0.3) is 0 Å². The van der Waals surface area contributed by atoms with Gasteiger partial charge in [-0.2, -0.15) is 5.10 Å². The summed E-state index contributed by atoms with van der Waals surface area (Å²) in [6.45, 7) is 3.76. The van der Waals surface area contributed by atoms with Gasteiger partial charge in [0.1, 0.15) is 6.04 Å². The van der Waals surface area contributed by atoms with E-state index < -0.39 is 12.0 Å². The van der Waals surface area contributed by atoms with Crippen LogP contribution in [0.15, 0.2) is 0 Å². The van der Waals surface area contributed by atoms with Crippen LogP contribution in [0.5, 0.6) is 0 Å². The highest BCUT2D eigenvalue weighted by atomic mass is 16.4. The predicted octanol–water partition coefficient (Wildman–Crippen LogP) is 0.949. The van der Waals surface area contributed by atoms with Crippen molar-refractivity contribution in [3.63, 3.8) is 0 Å². The Labute approximate surface area is 118 Å². The highest BCUT2D eigenvalue weighted by Gasteiger charge is 2.30. The SMILES string of the molecule is Cc1nn(C)c(C)c1CC(=O)NC(CC1CC1)C(=O)O. The van der Waals surface area contributed by atoms with Crippen molar-refractivity contribution in [1.82, 2.24) is 15.1 Å². The van der Waals surface area contributed by atoms with E-state index in [0.717, 1.165) is 29.8 Å². The zero-order valence-electron chi connectivity index (χ0n) is 12.1. The van der Waals surface area contributed by atoms with Crippen molar-refractivity contribution in [2.75, 3.05) is 0 Å². The van der Waals surface area contributed by atoms with Crippen molar-refractivity contribution in [2.24, 2.45) is 13.0 Å². The second-order valence-electron chi connectivity index (χ2n) is 5.59. The van der Waals surface area contributed by atoms with Gasteiger partial charge < -0.3 is 10.4 Å². The molecule has 1 aliphatic rings. The zero-order valence-corrected chi connectivity index (χ0v) is 12.1. The Bertz CT molecular complexity index is 532. The number of carbonyl (C=O) groups excluding carboxylic acids is 1. The maximum Gasteiger partial charge on any atom is 0.326 e. The first kappa shape index (κ1) is 14.6. The molecule has 1 aliphatic carbocycles. The summed E-state index contributed by atoms with van der Waals surface area (Å²) in [7, 11) is 1.83. The molecule has 110 valence electrons. The third-order valence-corrected chi connectivity index (χ3v) is 3.90. The second-order valence-corrected chi connectivity index (χ2v) is 5.59. The van der Waals surface area contributed by atoms with Gasteiger partial charge in [-0.25, -0.2) is 4.79 Å². The van der Waals surface area contributed by atoms with Gasteiger partial charge in [0.05, 0.1) is 12.1 Å². The van der Waals surface area contributed by atoms with Crippen LogP contribution >= 0.6 is 0 Å². The number of rotatable bonds is 6. The molecular weight excluding hydrogens is 258 g/mol. The van der Waals surface area contributed by atoms with Crippen molar-refractivity contribution in [3.8, 4) is 0 Å². The monoisotopic (exact) mass is 279 g/mol. The van der Waals surface area contributed by atoms with Crippen molar-refractivity contribution >= 4 is 11.9 Å². The normalized spacial score (nSPS) is 15.9. The van der Waals surface area contributed by atoms with Gasteiger partial charge in [0.2, 0.25) is 5.91 Å². The van der Waals surface area contributed by atoms with Gasteiger partial charge in [-0.3, -0.25) is 9.48 Å². The number of amides is 1. The molecule has 1 atom stereocenters. The number of aryl methyl sites for hydroxylation is 2. The van der Waals surface area contributed by atoms with Crippen molar-refractivity contribution in [1.29, 1.82) is 0 Å². The molecule has 2 N–H and O–H groups in total. The van der Waals surface area contributed by atoms with Gasteiger partial charge in [-0.1, -0.05) is 12.8 Å². The fourth-order valence-corrected chi connectivity index (χ4v) is 2.39. The molecule has 6 heteroatoms. The zero-order chi connectivity index (χ0) is 14.9. The van der Waals surface area contributed by atoms with Crippen LogP contribution < -0.4 is 5.32 Å². The number of nitrogens with one attached hydrogen (secondary N) is 1. The number of aromatic nitrogens is 2. The van der Waals surface area contributed by atoms with Crippen LogP contribution in [-0.2, 0) is 23.1 Å². The molecule has 1 saturated carbocycles. The molecule has 0 spiro atoms. The molecule has 1 aromatic rings. The standard InChI is InChI=1S/C14H21N3O3/c1-8-11(9(2)17(3)16-8)7-13(18)15-12(14(19)20)6-10-4-5-10/h10,12H,4-7H2,1-3H3,(H,15,18)(H,19,20). The number of hydrogen-bond donors (Lipinski definition) is 2. The van der Waals surface area contributed by atoms with E-state index in [1.165, 1.54) is 0 Å². The Morgan fingerprint density at radius 1 is 1.45 bits per heavy atom. The molecule has 1 fully saturated rings. The van der Waals surface area contributed by atoms with E-state index in [-0.39, 0.29) is 12.3 Å². The Kier molecular flexibility index (Phi) is 4.11. The Morgan fingerprint density at radius 3 is 2.55 bits per heavy atom. The summed E-state index contributed by atoms with van der Waals surface area (Å²) in [4.78, 5) is 23.2. The molecule has 0 saturated heterocycles. The third-order valence-electron chi connectivity index (χ3n) is 3.90. The number of carboxylic acid groups (broad SMARTS) is 1. The first-order valence-electron chi connectivity index (χ1n) is 6.89. The van der Waals surface area contributed by atoms with E-state index in [9.17, 15) is 9.59 Å². The summed E-state index contributed by atoms with van der Waals surface area (Å²) in [6, 6.07) is -0.771. The molecule has 0 radical (unpaired) electrons. The Balaban J connectivity index is 1.98. The van der Waals surface area contributed by atoms with Gasteiger partial charge in [0, 0.05) is 18.3 Å². The summed E-state index contributed by atoms with van der Waals surface area (Å²) < 4.78 is 1.73. The smallest absolute Gasteiger partial charge is 0.326 e. The molecule has 6 nitrogen and oxygen atoms in total. The number of hydrogen-bond acceptors (Lipinski definition) is 3. The molecule has 0 aliphatic heterocycles. The fourth-order valence-electron chi connectivity index (χ4n) is 2.39. The van der Waals surface area contributed by atoms with Crippen LogP contribution in [-0.4, -0.2) is 32.8 Å². The largest absolute Gasteiger partial charge is 0.480 e. The molecular formula is C14H21N3O3. The lowest BCUT2D eigenvalue weighted by Gasteiger charge is -2.14. The molecule has 1 amide bonds. The first-order chi connectivity index (χ1) is 9.38. The summed E-state index contributed by atoms with van der Waals surface area (Å²) in [5.41, 5.74) is 2.63. The van der Waals surface area contributed by atoms with Crippen molar-refractivity contribution in [2.45, 2.75) is 45.6 Å². The van der Waals surface area contributed by atoms with Crippen LogP contribution in [0.3, 0.4) is 0 Å². The van der Waals surface area contributed by atoms with E-state index in [1.54, 1.807) is 4.68 Å². The minimum absolute atomic E-state index is 0.181. The maximum absolute atomic E-state index is 12.0.